The van der Waals surface area contributed by atoms with E-state index in [9.17, 15) is 4.39 Å². The lowest BCUT2D eigenvalue weighted by atomic mass is 10.0. The number of benzene rings is 1. The van der Waals surface area contributed by atoms with E-state index < -0.39 is 0 Å². The van der Waals surface area contributed by atoms with Crippen LogP contribution < -0.4 is 0 Å². The summed E-state index contributed by atoms with van der Waals surface area (Å²) in [5.74, 6) is -0.228. The molecule has 0 aliphatic heterocycles. The van der Waals surface area contributed by atoms with Crippen molar-refractivity contribution in [3.8, 4) is 11.3 Å². The zero-order valence-corrected chi connectivity index (χ0v) is 8.92. The normalized spacial score (nSPS) is 10.3. The van der Waals surface area contributed by atoms with Gasteiger partial charge in [-0.3, -0.25) is 4.98 Å². The molecule has 0 aliphatic carbocycles. The lowest BCUT2D eigenvalue weighted by molar-refractivity contribution is 0.619. The Hall–Kier alpha value is -1.41. The molecule has 3 heteroatoms. The first-order valence-corrected chi connectivity index (χ1v) is 4.93. The fraction of sp³-hybridized carbons (Fsp3) is 0.0833. The summed E-state index contributed by atoms with van der Waals surface area (Å²) in [7, 11) is 0. The Kier molecular flexibility index (Phi) is 2.69. The fourth-order valence-corrected chi connectivity index (χ4v) is 1.60. The Labute approximate surface area is 92.5 Å². The van der Waals surface area contributed by atoms with E-state index in [-0.39, 0.29) is 5.82 Å². The molecule has 2 rings (SSSR count). The molecule has 1 heterocycles. The number of aromatic nitrogens is 1. The highest BCUT2D eigenvalue weighted by molar-refractivity contribution is 6.30. The third kappa shape index (κ3) is 2.00. The summed E-state index contributed by atoms with van der Waals surface area (Å²) in [4.78, 5) is 4.16. The maximum Gasteiger partial charge on any atom is 0.126 e. The van der Waals surface area contributed by atoms with Crippen molar-refractivity contribution in [1.82, 2.24) is 4.98 Å². The number of hydrogen-bond acceptors (Lipinski definition) is 1. The molecule has 0 unspecified atom stereocenters. The average Bonchev–Trinajstić information content (AvgIpc) is 2.22. The standard InChI is InChI=1S/C12H9ClFN/c1-8-10(3-2-4-11(8)14)12-7-9(13)5-6-15-12/h2-7H,1H3. The van der Waals surface area contributed by atoms with Crippen LogP contribution in [0.4, 0.5) is 4.39 Å². The molecule has 1 aromatic heterocycles. The predicted octanol–water partition coefficient (Wildman–Crippen LogP) is 3.85. The van der Waals surface area contributed by atoms with Crippen LogP contribution in [0.3, 0.4) is 0 Å². The maximum absolute atomic E-state index is 13.3. The first-order chi connectivity index (χ1) is 7.18. The zero-order chi connectivity index (χ0) is 10.8. The van der Waals surface area contributed by atoms with E-state index in [2.05, 4.69) is 4.98 Å². The highest BCUT2D eigenvalue weighted by Crippen LogP contribution is 2.24. The van der Waals surface area contributed by atoms with Gasteiger partial charge in [-0.2, -0.15) is 0 Å². The average molecular weight is 222 g/mol. The Morgan fingerprint density at radius 3 is 2.80 bits per heavy atom. The summed E-state index contributed by atoms with van der Waals surface area (Å²) in [5, 5.41) is 0.601. The largest absolute Gasteiger partial charge is 0.256 e. The van der Waals surface area contributed by atoms with E-state index in [1.807, 2.05) is 6.07 Å². The minimum atomic E-state index is -0.228. The smallest absolute Gasteiger partial charge is 0.126 e. The van der Waals surface area contributed by atoms with Gasteiger partial charge in [0.05, 0.1) is 5.69 Å². The van der Waals surface area contributed by atoms with E-state index in [4.69, 9.17) is 11.6 Å². The van der Waals surface area contributed by atoms with Crippen molar-refractivity contribution in [2.75, 3.05) is 0 Å². The van der Waals surface area contributed by atoms with Crippen LogP contribution in [0.5, 0.6) is 0 Å². The Balaban J connectivity index is 2.59. The molecule has 2 aromatic rings. The summed E-state index contributed by atoms with van der Waals surface area (Å²) in [5.41, 5.74) is 2.06. The van der Waals surface area contributed by atoms with Crippen LogP contribution in [-0.2, 0) is 0 Å². The van der Waals surface area contributed by atoms with Crippen LogP contribution in [0.15, 0.2) is 36.5 Å². The Morgan fingerprint density at radius 2 is 2.07 bits per heavy atom. The maximum atomic E-state index is 13.3. The van der Waals surface area contributed by atoms with E-state index in [1.54, 1.807) is 31.3 Å². The topological polar surface area (TPSA) is 12.9 Å². The van der Waals surface area contributed by atoms with Gasteiger partial charge in [-0.15, -0.1) is 0 Å². The van der Waals surface area contributed by atoms with Crippen LogP contribution in [0.1, 0.15) is 5.56 Å². The molecule has 0 fully saturated rings. The first-order valence-electron chi connectivity index (χ1n) is 4.55. The van der Waals surface area contributed by atoms with Gasteiger partial charge in [-0.05, 0) is 30.7 Å². The van der Waals surface area contributed by atoms with Crippen molar-refractivity contribution in [1.29, 1.82) is 0 Å². The molecule has 76 valence electrons. The van der Waals surface area contributed by atoms with Crippen LogP contribution in [0, 0.1) is 12.7 Å². The summed E-state index contributed by atoms with van der Waals surface area (Å²) in [6.45, 7) is 1.73. The molecule has 1 nitrogen and oxygen atoms in total. The molecule has 1 aromatic carbocycles. The fourth-order valence-electron chi connectivity index (χ4n) is 1.44. The van der Waals surface area contributed by atoms with Crippen molar-refractivity contribution in [2.45, 2.75) is 6.92 Å². The molecular formula is C12H9ClFN. The molecule has 15 heavy (non-hydrogen) atoms. The second-order valence-corrected chi connectivity index (χ2v) is 3.71. The van der Waals surface area contributed by atoms with Crippen LogP contribution >= 0.6 is 11.6 Å². The number of pyridine rings is 1. The molecule has 0 bridgehead atoms. The molecule has 0 aliphatic rings. The molecule has 0 saturated carbocycles. The van der Waals surface area contributed by atoms with Gasteiger partial charge in [0.15, 0.2) is 0 Å². The van der Waals surface area contributed by atoms with E-state index in [0.29, 0.717) is 16.3 Å². The van der Waals surface area contributed by atoms with E-state index in [0.717, 1.165) is 5.56 Å². The van der Waals surface area contributed by atoms with Crippen molar-refractivity contribution in [3.63, 3.8) is 0 Å². The first kappa shape index (κ1) is 10.1. The van der Waals surface area contributed by atoms with Crippen molar-refractivity contribution in [2.24, 2.45) is 0 Å². The van der Waals surface area contributed by atoms with Gasteiger partial charge in [0.2, 0.25) is 0 Å². The quantitative estimate of drug-likeness (QED) is 0.713. The third-order valence-electron chi connectivity index (χ3n) is 2.27. The van der Waals surface area contributed by atoms with Gasteiger partial charge < -0.3 is 0 Å². The van der Waals surface area contributed by atoms with Gasteiger partial charge >= 0.3 is 0 Å². The van der Waals surface area contributed by atoms with Crippen LogP contribution in [0.25, 0.3) is 11.3 Å². The predicted molar refractivity (Wildman–Crippen MR) is 59.4 cm³/mol. The van der Waals surface area contributed by atoms with Crippen molar-refractivity contribution < 1.29 is 4.39 Å². The minimum absolute atomic E-state index is 0.228. The van der Waals surface area contributed by atoms with Crippen molar-refractivity contribution in [3.05, 3.63) is 52.9 Å². The highest BCUT2D eigenvalue weighted by atomic mass is 35.5. The summed E-state index contributed by atoms with van der Waals surface area (Å²) in [6, 6.07) is 8.35. The molecular weight excluding hydrogens is 213 g/mol. The monoisotopic (exact) mass is 221 g/mol. The molecule has 0 spiro atoms. The van der Waals surface area contributed by atoms with Crippen LogP contribution in [-0.4, -0.2) is 4.98 Å². The highest BCUT2D eigenvalue weighted by Gasteiger charge is 2.06. The number of halogens is 2. The lowest BCUT2D eigenvalue weighted by Crippen LogP contribution is -1.89. The van der Waals surface area contributed by atoms with E-state index in [1.165, 1.54) is 6.07 Å². The van der Waals surface area contributed by atoms with Crippen LogP contribution in [0.2, 0.25) is 5.02 Å². The third-order valence-corrected chi connectivity index (χ3v) is 2.50. The summed E-state index contributed by atoms with van der Waals surface area (Å²) < 4.78 is 13.3. The van der Waals surface area contributed by atoms with Gasteiger partial charge in [-0.25, -0.2) is 4.39 Å². The van der Waals surface area contributed by atoms with E-state index >= 15 is 0 Å². The Bertz CT molecular complexity index is 497. The van der Waals surface area contributed by atoms with Gasteiger partial charge in [0.25, 0.3) is 0 Å². The Morgan fingerprint density at radius 1 is 1.27 bits per heavy atom. The minimum Gasteiger partial charge on any atom is -0.256 e. The number of rotatable bonds is 1. The molecule has 0 radical (unpaired) electrons. The number of hydrogen-bond donors (Lipinski definition) is 0. The van der Waals surface area contributed by atoms with Gasteiger partial charge in [0.1, 0.15) is 5.82 Å². The molecule has 0 amide bonds. The zero-order valence-electron chi connectivity index (χ0n) is 8.17. The van der Waals surface area contributed by atoms with Gasteiger partial charge in [-0.1, -0.05) is 23.7 Å². The second kappa shape index (κ2) is 3.99. The second-order valence-electron chi connectivity index (χ2n) is 3.27. The molecule has 0 saturated heterocycles. The molecule has 0 atom stereocenters. The van der Waals surface area contributed by atoms with Gasteiger partial charge in [0, 0.05) is 16.8 Å². The summed E-state index contributed by atoms with van der Waals surface area (Å²) >= 11 is 5.85. The lowest BCUT2D eigenvalue weighted by Gasteiger charge is -2.05. The van der Waals surface area contributed by atoms with Crippen molar-refractivity contribution >= 4 is 11.6 Å². The number of nitrogens with zero attached hydrogens (tertiary/aromatic N) is 1. The SMILES string of the molecule is Cc1c(F)cccc1-c1cc(Cl)ccn1. The summed E-state index contributed by atoms with van der Waals surface area (Å²) in [6.07, 6.45) is 1.61. The molecule has 0 N–H and O–H groups in total.